The standard InChI is InChI=1S/C20H26O2S/c21-20(22)14-7-2-1-6-13-19-15-18(16-23-19)12-8-11-17-9-4-3-5-10-17/h3-5,9-10,15-16H,1-2,6-8,11-14H2,(H,21,22). The van der Waals surface area contributed by atoms with Gasteiger partial charge in [-0.3, -0.25) is 4.79 Å². The van der Waals surface area contributed by atoms with Crippen molar-refractivity contribution in [2.45, 2.75) is 57.8 Å². The lowest BCUT2D eigenvalue weighted by Gasteiger charge is -2.00. The molecule has 2 aromatic rings. The maximum atomic E-state index is 10.4. The number of unbranched alkanes of at least 4 members (excludes halogenated alkanes) is 3. The maximum absolute atomic E-state index is 10.4. The fraction of sp³-hybridized carbons (Fsp3) is 0.450. The van der Waals surface area contributed by atoms with Crippen LogP contribution in [-0.2, 0) is 24.1 Å². The van der Waals surface area contributed by atoms with E-state index in [0.29, 0.717) is 6.42 Å². The zero-order valence-electron chi connectivity index (χ0n) is 13.7. The summed E-state index contributed by atoms with van der Waals surface area (Å²) in [5.74, 6) is -0.677. The summed E-state index contributed by atoms with van der Waals surface area (Å²) in [4.78, 5) is 11.9. The predicted molar refractivity (Wildman–Crippen MR) is 97.2 cm³/mol. The molecule has 0 amide bonds. The average molecular weight is 330 g/mol. The topological polar surface area (TPSA) is 37.3 Å². The van der Waals surface area contributed by atoms with Gasteiger partial charge in [0.1, 0.15) is 0 Å². The van der Waals surface area contributed by atoms with Gasteiger partial charge in [0.25, 0.3) is 0 Å². The first-order chi connectivity index (χ1) is 11.2. The smallest absolute Gasteiger partial charge is 0.303 e. The fourth-order valence-corrected chi connectivity index (χ4v) is 3.73. The fourth-order valence-electron chi connectivity index (χ4n) is 2.76. The van der Waals surface area contributed by atoms with E-state index >= 15 is 0 Å². The van der Waals surface area contributed by atoms with Crippen LogP contribution in [0.15, 0.2) is 41.8 Å². The lowest BCUT2D eigenvalue weighted by Crippen LogP contribution is -1.93. The van der Waals surface area contributed by atoms with Gasteiger partial charge in [0.2, 0.25) is 0 Å². The molecule has 2 rings (SSSR count). The van der Waals surface area contributed by atoms with Crippen LogP contribution >= 0.6 is 11.3 Å². The third-order valence-electron chi connectivity index (χ3n) is 4.05. The minimum atomic E-state index is -0.677. The molecular weight excluding hydrogens is 304 g/mol. The van der Waals surface area contributed by atoms with E-state index in [1.807, 2.05) is 11.3 Å². The van der Waals surface area contributed by atoms with Gasteiger partial charge in [0.15, 0.2) is 0 Å². The molecule has 3 heteroatoms. The maximum Gasteiger partial charge on any atom is 0.303 e. The van der Waals surface area contributed by atoms with Crippen molar-refractivity contribution in [3.8, 4) is 0 Å². The van der Waals surface area contributed by atoms with Crippen LogP contribution in [-0.4, -0.2) is 11.1 Å². The molecule has 1 heterocycles. The predicted octanol–water partition coefficient (Wildman–Crippen LogP) is 5.50. The summed E-state index contributed by atoms with van der Waals surface area (Å²) >= 11 is 1.87. The zero-order chi connectivity index (χ0) is 16.3. The molecule has 1 N–H and O–H groups in total. The SMILES string of the molecule is O=C(O)CCCCCCc1cc(CCCc2ccccc2)cs1. The Balaban J connectivity index is 1.59. The Morgan fingerprint density at radius 2 is 1.61 bits per heavy atom. The Hall–Kier alpha value is -1.61. The summed E-state index contributed by atoms with van der Waals surface area (Å²) in [5.41, 5.74) is 2.89. The summed E-state index contributed by atoms with van der Waals surface area (Å²) < 4.78 is 0. The molecule has 124 valence electrons. The van der Waals surface area contributed by atoms with Gasteiger partial charge in [-0.25, -0.2) is 0 Å². The van der Waals surface area contributed by atoms with Gasteiger partial charge < -0.3 is 5.11 Å². The lowest BCUT2D eigenvalue weighted by molar-refractivity contribution is -0.137. The van der Waals surface area contributed by atoms with Crippen molar-refractivity contribution >= 4 is 17.3 Å². The summed E-state index contributed by atoms with van der Waals surface area (Å²) in [7, 11) is 0. The van der Waals surface area contributed by atoms with Gasteiger partial charge in [0, 0.05) is 11.3 Å². The number of benzene rings is 1. The molecule has 0 saturated carbocycles. The summed E-state index contributed by atoms with van der Waals surface area (Å²) in [5, 5.41) is 10.9. The highest BCUT2D eigenvalue weighted by molar-refractivity contribution is 7.10. The van der Waals surface area contributed by atoms with E-state index in [9.17, 15) is 4.79 Å². The van der Waals surface area contributed by atoms with Crippen molar-refractivity contribution in [2.75, 3.05) is 0 Å². The van der Waals surface area contributed by atoms with E-state index in [1.165, 1.54) is 28.8 Å². The summed E-state index contributed by atoms with van der Waals surface area (Å²) in [6, 6.07) is 13.0. The highest BCUT2D eigenvalue weighted by atomic mass is 32.1. The molecule has 1 aromatic heterocycles. The van der Waals surface area contributed by atoms with Gasteiger partial charge in [-0.15, -0.1) is 11.3 Å². The third kappa shape index (κ3) is 7.47. The molecule has 0 unspecified atom stereocenters. The number of hydrogen-bond donors (Lipinski definition) is 1. The monoisotopic (exact) mass is 330 g/mol. The quantitative estimate of drug-likeness (QED) is 0.552. The second-order valence-electron chi connectivity index (χ2n) is 6.07. The van der Waals surface area contributed by atoms with Crippen molar-refractivity contribution < 1.29 is 9.90 Å². The molecule has 0 bridgehead atoms. The van der Waals surface area contributed by atoms with Crippen molar-refractivity contribution in [1.82, 2.24) is 0 Å². The average Bonchev–Trinajstić information content (AvgIpc) is 2.99. The molecule has 0 aliphatic heterocycles. The van der Waals surface area contributed by atoms with Crippen LogP contribution in [0, 0.1) is 0 Å². The Morgan fingerprint density at radius 1 is 0.870 bits per heavy atom. The number of rotatable bonds is 11. The van der Waals surface area contributed by atoms with Gasteiger partial charge in [-0.05, 0) is 61.1 Å². The van der Waals surface area contributed by atoms with Crippen molar-refractivity contribution in [3.63, 3.8) is 0 Å². The number of carboxylic acid groups (broad SMARTS) is 1. The van der Waals surface area contributed by atoms with E-state index in [0.717, 1.165) is 38.5 Å². The number of aryl methyl sites for hydroxylation is 3. The largest absolute Gasteiger partial charge is 0.481 e. The molecule has 0 fully saturated rings. The number of carbonyl (C=O) groups is 1. The van der Waals surface area contributed by atoms with Crippen molar-refractivity contribution in [2.24, 2.45) is 0 Å². The third-order valence-corrected chi connectivity index (χ3v) is 5.09. The van der Waals surface area contributed by atoms with E-state index in [4.69, 9.17) is 5.11 Å². The summed E-state index contributed by atoms with van der Waals surface area (Å²) in [6.07, 6.45) is 9.10. The Bertz CT molecular complexity index is 574. The van der Waals surface area contributed by atoms with Crippen LogP contribution in [0.1, 0.15) is 54.5 Å². The minimum absolute atomic E-state index is 0.310. The van der Waals surface area contributed by atoms with E-state index < -0.39 is 5.97 Å². The van der Waals surface area contributed by atoms with Crippen molar-refractivity contribution in [3.05, 3.63) is 57.8 Å². The van der Waals surface area contributed by atoms with Gasteiger partial charge >= 0.3 is 5.97 Å². The molecule has 0 saturated heterocycles. The minimum Gasteiger partial charge on any atom is -0.481 e. The van der Waals surface area contributed by atoms with Crippen LogP contribution in [0.3, 0.4) is 0 Å². The van der Waals surface area contributed by atoms with Gasteiger partial charge in [0.05, 0.1) is 0 Å². The van der Waals surface area contributed by atoms with E-state index in [1.54, 1.807) is 0 Å². The number of thiophene rings is 1. The molecule has 23 heavy (non-hydrogen) atoms. The highest BCUT2D eigenvalue weighted by Crippen LogP contribution is 2.19. The normalized spacial score (nSPS) is 10.8. The number of aliphatic carboxylic acids is 1. The Morgan fingerprint density at radius 3 is 2.39 bits per heavy atom. The summed E-state index contributed by atoms with van der Waals surface area (Å²) in [6.45, 7) is 0. The molecule has 0 aliphatic carbocycles. The molecule has 0 spiro atoms. The molecule has 0 radical (unpaired) electrons. The Labute approximate surface area is 143 Å². The van der Waals surface area contributed by atoms with Crippen molar-refractivity contribution in [1.29, 1.82) is 0 Å². The first-order valence-corrected chi connectivity index (χ1v) is 9.44. The van der Waals surface area contributed by atoms with Crippen LogP contribution in [0.5, 0.6) is 0 Å². The van der Waals surface area contributed by atoms with Gasteiger partial charge in [-0.1, -0.05) is 43.2 Å². The molecule has 0 aliphatic rings. The van der Waals surface area contributed by atoms with E-state index in [2.05, 4.69) is 41.8 Å². The first kappa shape index (κ1) is 17.7. The van der Waals surface area contributed by atoms with Crippen LogP contribution < -0.4 is 0 Å². The molecule has 1 aromatic carbocycles. The van der Waals surface area contributed by atoms with E-state index in [-0.39, 0.29) is 0 Å². The molecule has 2 nitrogen and oxygen atoms in total. The van der Waals surface area contributed by atoms with Crippen LogP contribution in [0.2, 0.25) is 0 Å². The second-order valence-corrected chi connectivity index (χ2v) is 7.06. The molecular formula is C20H26O2S. The zero-order valence-corrected chi connectivity index (χ0v) is 14.5. The van der Waals surface area contributed by atoms with Crippen LogP contribution in [0.25, 0.3) is 0 Å². The lowest BCUT2D eigenvalue weighted by atomic mass is 10.1. The van der Waals surface area contributed by atoms with Gasteiger partial charge in [-0.2, -0.15) is 0 Å². The highest BCUT2D eigenvalue weighted by Gasteiger charge is 2.02. The van der Waals surface area contributed by atoms with Crippen LogP contribution in [0.4, 0.5) is 0 Å². The second kappa shape index (κ2) is 10.2. The molecule has 0 atom stereocenters. The first-order valence-electron chi connectivity index (χ1n) is 8.56. The Kier molecular flexibility index (Phi) is 7.88. The number of hydrogen-bond acceptors (Lipinski definition) is 2. The number of carboxylic acids is 1.